The summed E-state index contributed by atoms with van der Waals surface area (Å²) in [6.45, 7) is 4.87. The molecule has 2 atom stereocenters. The predicted octanol–water partition coefficient (Wildman–Crippen LogP) is 15.3. The quantitative estimate of drug-likeness (QED) is 0.0323. The maximum absolute atomic E-state index is 12.4. The number of unbranched alkanes of at least 4 members (excludes halogenated alkanes) is 30. The van der Waals surface area contributed by atoms with Gasteiger partial charge in [0, 0.05) is 12.8 Å². The van der Waals surface area contributed by atoms with Gasteiger partial charge in [0.05, 0.1) is 25.4 Å². The minimum absolute atomic E-state index is 0.0247. The molecule has 0 heterocycles. The number of nitrogens with one attached hydrogen (secondary N) is 1. The highest BCUT2D eigenvalue weighted by Crippen LogP contribution is 2.15. The molecule has 0 aliphatic carbocycles. The van der Waals surface area contributed by atoms with Crippen molar-refractivity contribution < 1.29 is 24.5 Å². The van der Waals surface area contributed by atoms with Gasteiger partial charge in [-0.3, -0.25) is 9.59 Å². The molecule has 0 rings (SSSR count). The fourth-order valence-corrected chi connectivity index (χ4v) is 7.66. The lowest BCUT2D eigenvalue weighted by Crippen LogP contribution is -2.45. The van der Waals surface area contributed by atoms with Crippen molar-refractivity contribution in [3.63, 3.8) is 0 Å². The molecule has 346 valence electrons. The molecule has 0 aliphatic rings. The van der Waals surface area contributed by atoms with Crippen LogP contribution in [0.4, 0.5) is 0 Å². The van der Waals surface area contributed by atoms with Crippen LogP contribution in [0.25, 0.3) is 0 Å². The molecule has 59 heavy (non-hydrogen) atoms. The minimum Gasteiger partial charge on any atom is -0.466 e. The molecule has 0 aromatic carbocycles. The third-order valence-corrected chi connectivity index (χ3v) is 11.7. The van der Waals surface area contributed by atoms with E-state index in [4.69, 9.17) is 4.74 Å². The van der Waals surface area contributed by atoms with Crippen molar-refractivity contribution in [3.8, 4) is 0 Å². The van der Waals surface area contributed by atoms with Crippen LogP contribution in [-0.2, 0) is 14.3 Å². The van der Waals surface area contributed by atoms with E-state index >= 15 is 0 Å². The Balaban J connectivity index is 3.49. The van der Waals surface area contributed by atoms with Crippen molar-refractivity contribution in [1.82, 2.24) is 5.32 Å². The van der Waals surface area contributed by atoms with Gasteiger partial charge in [-0.1, -0.05) is 204 Å². The van der Waals surface area contributed by atoms with Crippen molar-refractivity contribution in [2.24, 2.45) is 0 Å². The standard InChI is InChI=1S/C53H99NO5/c1-3-5-7-9-11-13-15-17-19-23-27-31-35-39-43-47-53(58)59-48-44-40-36-32-28-24-21-18-20-22-26-30-34-38-42-46-52(57)54-50(49-55)51(56)45-41-37-33-29-25-16-14-12-10-8-6-4-2/h11,13,17,19,21,24,50-51,55-56H,3-10,12,14-16,18,20,22-23,25-49H2,1-2H3,(H,54,57)/b13-11-,19-17-,24-21-. The van der Waals surface area contributed by atoms with E-state index in [0.717, 1.165) is 83.5 Å². The summed E-state index contributed by atoms with van der Waals surface area (Å²) >= 11 is 0. The molecule has 0 radical (unpaired) electrons. The van der Waals surface area contributed by atoms with Gasteiger partial charge in [0.25, 0.3) is 0 Å². The van der Waals surface area contributed by atoms with Crippen molar-refractivity contribution >= 4 is 11.9 Å². The Morgan fingerprint density at radius 1 is 0.475 bits per heavy atom. The summed E-state index contributed by atoms with van der Waals surface area (Å²) in [6.07, 6.45) is 58.2. The van der Waals surface area contributed by atoms with Crippen LogP contribution < -0.4 is 5.32 Å². The first-order valence-corrected chi connectivity index (χ1v) is 25.7. The van der Waals surface area contributed by atoms with E-state index in [0.29, 0.717) is 25.9 Å². The zero-order chi connectivity index (χ0) is 43.0. The lowest BCUT2D eigenvalue weighted by Gasteiger charge is -2.22. The molecular formula is C53H99NO5. The number of ether oxygens (including phenoxy) is 1. The maximum Gasteiger partial charge on any atom is 0.305 e. The van der Waals surface area contributed by atoms with Gasteiger partial charge in [-0.2, -0.15) is 0 Å². The van der Waals surface area contributed by atoms with Crippen molar-refractivity contribution in [2.45, 2.75) is 276 Å². The number of hydrogen-bond donors (Lipinski definition) is 3. The molecule has 3 N–H and O–H groups in total. The first kappa shape index (κ1) is 57.1. The monoisotopic (exact) mass is 830 g/mol. The average Bonchev–Trinajstić information content (AvgIpc) is 3.24. The van der Waals surface area contributed by atoms with Crippen LogP contribution in [0.1, 0.15) is 264 Å². The van der Waals surface area contributed by atoms with Crippen LogP contribution in [0.3, 0.4) is 0 Å². The number of carbonyl (C=O) groups excluding carboxylic acids is 2. The van der Waals surface area contributed by atoms with Crippen LogP contribution in [0, 0.1) is 0 Å². The van der Waals surface area contributed by atoms with Crippen LogP contribution in [0.2, 0.25) is 0 Å². The SMILES string of the molecule is CCCCC/C=C\C/C=C\CCCCCCCC(=O)OCCCCCC/C=C\CCCCCCCCCC(=O)NC(CO)C(O)CCCCCCCCCCCCCC. The second kappa shape index (κ2) is 48.7. The number of hydrogen-bond acceptors (Lipinski definition) is 5. The first-order chi connectivity index (χ1) is 29.0. The van der Waals surface area contributed by atoms with Gasteiger partial charge in [-0.25, -0.2) is 0 Å². The topological polar surface area (TPSA) is 95.9 Å². The number of amides is 1. The van der Waals surface area contributed by atoms with Crippen molar-refractivity contribution in [1.29, 1.82) is 0 Å². The molecule has 0 bridgehead atoms. The zero-order valence-corrected chi connectivity index (χ0v) is 39.2. The fourth-order valence-electron chi connectivity index (χ4n) is 7.66. The van der Waals surface area contributed by atoms with Gasteiger partial charge in [-0.05, 0) is 83.5 Å². The fraction of sp³-hybridized carbons (Fsp3) is 0.849. The molecule has 0 aromatic rings. The van der Waals surface area contributed by atoms with Gasteiger partial charge in [0.1, 0.15) is 0 Å². The Kier molecular flexibility index (Phi) is 47.2. The van der Waals surface area contributed by atoms with Gasteiger partial charge in [0.2, 0.25) is 5.91 Å². The Morgan fingerprint density at radius 2 is 0.847 bits per heavy atom. The number of allylic oxidation sites excluding steroid dienone is 6. The van der Waals surface area contributed by atoms with E-state index in [1.54, 1.807) is 0 Å². The Bertz CT molecular complexity index is 962. The predicted molar refractivity (Wildman–Crippen MR) is 255 cm³/mol. The third-order valence-electron chi connectivity index (χ3n) is 11.7. The number of aliphatic hydroxyl groups is 2. The number of carbonyl (C=O) groups is 2. The van der Waals surface area contributed by atoms with E-state index in [9.17, 15) is 19.8 Å². The smallest absolute Gasteiger partial charge is 0.305 e. The maximum atomic E-state index is 12.4. The van der Waals surface area contributed by atoms with E-state index in [2.05, 4.69) is 55.6 Å². The largest absolute Gasteiger partial charge is 0.466 e. The van der Waals surface area contributed by atoms with Crippen molar-refractivity contribution in [3.05, 3.63) is 36.5 Å². The van der Waals surface area contributed by atoms with Gasteiger partial charge in [-0.15, -0.1) is 0 Å². The average molecular weight is 830 g/mol. The lowest BCUT2D eigenvalue weighted by atomic mass is 10.0. The Labute approximate surface area is 366 Å². The van der Waals surface area contributed by atoms with Crippen LogP contribution in [0.5, 0.6) is 0 Å². The molecule has 0 aliphatic heterocycles. The van der Waals surface area contributed by atoms with E-state index in [1.165, 1.54) is 148 Å². The second-order valence-electron chi connectivity index (χ2n) is 17.5. The summed E-state index contributed by atoms with van der Waals surface area (Å²) in [5, 5.41) is 23.1. The second-order valence-corrected chi connectivity index (χ2v) is 17.5. The van der Waals surface area contributed by atoms with Gasteiger partial charge < -0.3 is 20.3 Å². The third kappa shape index (κ3) is 45.4. The molecule has 0 aromatic heterocycles. The zero-order valence-electron chi connectivity index (χ0n) is 39.2. The number of esters is 1. The molecule has 2 unspecified atom stereocenters. The molecule has 1 amide bonds. The normalized spacial score (nSPS) is 12.9. The summed E-state index contributed by atoms with van der Waals surface area (Å²) in [5.41, 5.74) is 0. The number of aliphatic hydroxyl groups excluding tert-OH is 2. The van der Waals surface area contributed by atoms with Crippen LogP contribution >= 0.6 is 0 Å². The minimum atomic E-state index is -0.674. The molecule has 6 nitrogen and oxygen atoms in total. The van der Waals surface area contributed by atoms with E-state index < -0.39 is 12.1 Å². The summed E-state index contributed by atoms with van der Waals surface area (Å²) < 4.78 is 5.45. The number of rotatable bonds is 47. The molecule has 0 spiro atoms. The highest BCUT2D eigenvalue weighted by Gasteiger charge is 2.20. The van der Waals surface area contributed by atoms with Crippen LogP contribution in [-0.4, -0.2) is 47.4 Å². The summed E-state index contributed by atoms with van der Waals surface area (Å²) in [6, 6.07) is -0.552. The van der Waals surface area contributed by atoms with Gasteiger partial charge in [0.15, 0.2) is 0 Å². The molecule has 0 fully saturated rings. The van der Waals surface area contributed by atoms with Gasteiger partial charge >= 0.3 is 5.97 Å². The first-order valence-electron chi connectivity index (χ1n) is 25.7. The lowest BCUT2D eigenvalue weighted by molar-refractivity contribution is -0.143. The molecule has 0 saturated heterocycles. The Morgan fingerprint density at radius 3 is 1.34 bits per heavy atom. The summed E-state index contributed by atoms with van der Waals surface area (Å²) in [4.78, 5) is 24.4. The highest BCUT2D eigenvalue weighted by atomic mass is 16.5. The molecule has 6 heteroatoms. The van der Waals surface area contributed by atoms with E-state index in [1.807, 2.05) is 0 Å². The molecular weight excluding hydrogens is 731 g/mol. The Hall–Kier alpha value is -1.92. The highest BCUT2D eigenvalue weighted by molar-refractivity contribution is 5.76. The van der Waals surface area contributed by atoms with E-state index in [-0.39, 0.29) is 18.5 Å². The van der Waals surface area contributed by atoms with Crippen LogP contribution in [0.15, 0.2) is 36.5 Å². The van der Waals surface area contributed by atoms with Crippen molar-refractivity contribution in [2.75, 3.05) is 13.2 Å². The summed E-state index contributed by atoms with van der Waals surface area (Å²) in [7, 11) is 0. The summed E-state index contributed by atoms with van der Waals surface area (Å²) in [5.74, 6) is -0.0769. The molecule has 0 saturated carbocycles.